The lowest BCUT2D eigenvalue weighted by Gasteiger charge is -2.28. The molecular weight excluding hydrogens is 583 g/mol. The van der Waals surface area contributed by atoms with Gasteiger partial charge in [0.25, 0.3) is 0 Å². The van der Waals surface area contributed by atoms with Crippen LogP contribution in [0.4, 0.5) is 17.1 Å². The van der Waals surface area contributed by atoms with Gasteiger partial charge in [0.05, 0.1) is 16.8 Å². The van der Waals surface area contributed by atoms with Gasteiger partial charge in [0, 0.05) is 22.0 Å². The molecule has 1 heterocycles. The van der Waals surface area contributed by atoms with E-state index in [1.807, 2.05) is 0 Å². The van der Waals surface area contributed by atoms with E-state index >= 15 is 0 Å². The molecule has 0 amide bonds. The molecule has 0 N–H and O–H groups in total. The lowest BCUT2D eigenvalue weighted by Crippen LogP contribution is -2.11. The van der Waals surface area contributed by atoms with Gasteiger partial charge in [-0.2, -0.15) is 0 Å². The minimum atomic E-state index is 0.863. The maximum Gasteiger partial charge on any atom is 0.143 e. The van der Waals surface area contributed by atoms with E-state index in [1.54, 1.807) is 0 Å². The molecule has 48 heavy (non-hydrogen) atoms. The van der Waals surface area contributed by atoms with Crippen molar-refractivity contribution in [2.45, 2.75) is 0 Å². The smallest absolute Gasteiger partial charge is 0.143 e. The Hall–Kier alpha value is -6.38. The molecule has 0 radical (unpaired) electrons. The number of furan rings is 1. The Morgan fingerprint density at radius 1 is 0.354 bits per heavy atom. The summed E-state index contributed by atoms with van der Waals surface area (Å²) in [6, 6.07) is 66.8. The zero-order chi connectivity index (χ0) is 31.9. The van der Waals surface area contributed by atoms with Crippen molar-refractivity contribution in [1.29, 1.82) is 0 Å². The Kier molecular flexibility index (Phi) is 6.84. The maximum absolute atomic E-state index is 6.77. The molecule has 226 valence electrons. The number of benzene rings is 8. The first-order valence-corrected chi connectivity index (χ1v) is 16.4. The van der Waals surface area contributed by atoms with Crippen molar-refractivity contribution in [1.82, 2.24) is 0 Å². The molecule has 0 unspecified atom stereocenters. The fourth-order valence-electron chi connectivity index (χ4n) is 7.07. The topological polar surface area (TPSA) is 16.4 Å². The highest BCUT2D eigenvalue weighted by Gasteiger charge is 2.23. The van der Waals surface area contributed by atoms with Crippen LogP contribution in [0.3, 0.4) is 0 Å². The number of nitrogens with zero attached hydrogens (tertiary/aromatic N) is 1. The minimum absolute atomic E-state index is 0.863. The molecule has 0 atom stereocenters. The molecule has 0 bridgehead atoms. The van der Waals surface area contributed by atoms with E-state index in [1.165, 1.54) is 27.6 Å². The predicted molar refractivity (Wildman–Crippen MR) is 202 cm³/mol. The van der Waals surface area contributed by atoms with Crippen LogP contribution in [-0.4, -0.2) is 0 Å². The van der Waals surface area contributed by atoms with Crippen LogP contribution in [0.25, 0.3) is 66.1 Å². The molecule has 2 heteroatoms. The zero-order valence-corrected chi connectivity index (χ0v) is 26.3. The molecule has 8 aromatic carbocycles. The average molecular weight is 614 g/mol. The first-order valence-electron chi connectivity index (χ1n) is 16.4. The summed E-state index contributed by atoms with van der Waals surface area (Å²) in [7, 11) is 0. The fourth-order valence-corrected chi connectivity index (χ4v) is 7.07. The van der Waals surface area contributed by atoms with E-state index < -0.39 is 0 Å². The Morgan fingerprint density at radius 2 is 0.938 bits per heavy atom. The summed E-state index contributed by atoms with van der Waals surface area (Å²) in [5.41, 5.74) is 12.1. The van der Waals surface area contributed by atoms with Crippen LogP contribution < -0.4 is 4.90 Å². The average Bonchev–Trinajstić information content (AvgIpc) is 3.56. The van der Waals surface area contributed by atoms with E-state index in [0.29, 0.717) is 0 Å². The van der Waals surface area contributed by atoms with Crippen LogP contribution in [0.2, 0.25) is 0 Å². The SMILES string of the molecule is c1ccc(-c2cccc(-c3ccccc3N(c3ccccc3)c3cccc4oc5c6ccccc6c(-c6ccccc6)cc5c34)c2)cc1. The van der Waals surface area contributed by atoms with Crippen molar-refractivity contribution in [3.05, 3.63) is 188 Å². The number of hydrogen-bond acceptors (Lipinski definition) is 2. The summed E-state index contributed by atoms with van der Waals surface area (Å²) in [5, 5.41) is 4.48. The second-order valence-corrected chi connectivity index (χ2v) is 12.1. The molecule has 0 saturated heterocycles. The normalized spacial score (nSPS) is 11.3. The summed E-state index contributed by atoms with van der Waals surface area (Å²) >= 11 is 0. The van der Waals surface area contributed by atoms with Crippen LogP contribution in [-0.2, 0) is 0 Å². The van der Waals surface area contributed by atoms with Crippen molar-refractivity contribution in [2.24, 2.45) is 0 Å². The highest BCUT2D eigenvalue weighted by molar-refractivity contribution is 6.22. The predicted octanol–water partition coefficient (Wildman–Crippen LogP) is 13.2. The molecule has 9 aromatic rings. The van der Waals surface area contributed by atoms with Gasteiger partial charge in [-0.05, 0) is 75.7 Å². The van der Waals surface area contributed by atoms with Gasteiger partial charge in [0.2, 0.25) is 0 Å². The molecule has 0 aliphatic rings. The summed E-state index contributed by atoms with van der Waals surface area (Å²) in [6.45, 7) is 0. The van der Waals surface area contributed by atoms with Crippen molar-refractivity contribution in [2.75, 3.05) is 4.90 Å². The van der Waals surface area contributed by atoms with E-state index in [0.717, 1.165) is 55.5 Å². The largest absolute Gasteiger partial charge is 0.455 e. The lowest BCUT2D eigenvalue weighted by atomic mass is 9.94. The van der Waals surface area contributed by atoms with Gasteiger partial charge in [-0.1, -0.05) is 146 Å². The summed E-state index contributed by atoms with van der Waals surface area (Å²) < 4.78 is 6.77. The monoisotopic (exact) mass is 613 g/mol. The second-order valence-electron chi connectivity index (χ2n) is 12.1. The molecule has 0 fully saturated rings. The number of fused-ring (bicyclic) bond motifs is 5. The van der Waals surface area contributed by atoms with Crippen LogP contribution in [0.1, 0.15) is 0 Å². The first-order chi connectivity index (χ1) is 23.8. The van der Waals surface area contributed by atoms with Crippen LogP contribution in [0, 0.1) is 0 Å². The molecule has 0 saturated carbocycles. The van der Waals surface area contributed by atoms with Crippen LogP contribution in [0.5, 0.6) is 0 Å². The standard InChI is InChI=1S/C46H31NO/c1-4-16-32(17-5-1)34-20-14-21-35(30-34)37-24-12-13-27-42(37)47(36-22-8-3-9-23-36)43-28-15-29-44-45(43)41-31-40(33-18-6-2-7-19-33)38-25-10-11-26-39(38)46(41)48-44/h1-31H. The van der Waals surface area contributed by atoms with Gasteiger partial charge in [0.15, 0.2) is 0 Å². The number of anilines is 3. The molecule has 1 aromatic heterocycles. The van der Waals surface area contributed by atoms with Crippen molar-refractivity contribution >= 4 is 49.8 Å². The Bertz CT molecular complexity index is 2550. The van der Waals surface area contributed by atoms with Crippen molar-refractivity contribution in [3.8, 4) is 33.4 Å². The third-order valence-corrected chi connectivity index (χ3v) is 9.25. The molecule has 0 spiro atoms. The highest BCUT2D eigenvalue weighted by atomic mass is 16.3. The first kappa shape index (κ1) is 27.9. The highest BCUT2D eigenvalue weighted by Crippen LogP contribution is 2.48. The van der Waals surface area contributed by atoms with E-state index in [-0.39, 0.29) is 0 Å². The van der Waals surface area contributed by atoms with Crippen LogP contribution >= 0.6 is 0 Å². The van der Waals surface area contributed by atoms with E-state index in [2.05, 4.69) is 193 Å². The van der Waals surface area contributed by atoms with Gasteiger partial charge in [0.1, 0.15) is 11.2 Å². The quantitative estimate of drug-likeness (QED) is 0.185. The number of hydrogen-bond donors (Lipinski definition) is 0. The van der Waals surface area contributed by atoms with Crippen molar-refractivity contribution in [3.63, 3.8) is 0 Å². The van der Waals surface area contributed by atoms with Gasteiger partial charge < -0.3 is 9.32 Å². The van der Waals surface area contributed by atoms with E-state index in [4.69, 9.17) is 4.42 Å². The second kappa shape index (κ2) is 11.8. The zero-order valence-electron chi connectivity index (χ0n) is 26.3. The van der Waals surface area contributed by atoms with Gasteiger partial charge in [-0.15, -0.1) is 0 Å². The van der Waals surface area contributed by atoms with Gasteiger partial charge >= 0.3 is 0 Å². The van der Waals surface area contributed by atoms with Crippen molar-refractivity contribution < 1.29 is 4.42 Å². The molecular formula is C46H31NO. The minimum Gasteiger partial charge on any atom is -0.455 e. The fraction of sp³-hybridized carbons (Fsp3) is 0. The molecule has 2 nitrogen and oxygen atoms in total. The molecule has 9 rings (SSSR count). The van der Waals surface area contributed by atoms with Gasteiger partial charge in [-0.25, -0.2) is 0 Å². The summed E-state index contributed by atoms with van der Waals surface area (Å²) in [5.74, 6) is 0. The third kappa shape index (κ3) is 4.74. The van der Waals surface area contributed by atoms with Crippen LogP contribution in [0.15, 0.2) is 192 Å². The summed E-state index contributed by atoms with van der Waals surface area (Å²) in [6.07, 6.45) is 0. The number of para-hydroxylation sites is 2. The maximum atomic E-state index is 6.77. The Balaban J connectivity index is 1.32. The Labute approximate surface area is 279 Å². The molecule has 0 aliphatic carbocycles. The van der Waals surface area contributed by atoms with E-state index in [9.17, 15) is 0 Å². The van der Waals surface area contributed by atoms with Gasteiger partial charge in [-0.3, -0.25) is 0 Å². The lowest BCUT2D eigenvalue weighted by molar-refractivity contribution is 0.672. The summed E-state index contributed by atoms with van der Waals surface area (Å²) in [4.78, 5) is 2.39. The number of rotatable bonds is 6. The molecule has 0 aliphatic heterocycles. The Morgan fingerprint density at radius 3 is 1.73 bits per heavy atom. The third-order valence-electron chi connectivity index (χ3n) is 9.25.